The number of halogens is 3. The Hall–Kier alpha value is -3.70. The summed E-state index contributed by atoms with van der Waals surface area (Å²) in [4.78, 5) is 24.2. The largest absolute Gasteiger partial charge is 0.480 e. The maximum Gasteiger partial charge on any atom is 0.435 e. The number of nitrogens with one attached hydrogen (secondary N) is 1. The summed E-state index contributed by atoms with van der Waals surface area (Å²) < 4.78 is 45.3. The molecule has 0 aliphatic heterocycles. The molecular weight excluding hydrogens is 391 g/mol. The van der Waals surface area contributed by atoms with Crippen LogP contribution in [0.5, 0.6) is 5.88 Å². The minimum Gasteiger partial charge on any atom is -0.480 e. The van der Waals surface area contributed by atoms with Crippen molar-refractivity contribution in [2.45, 2.75) is 13.1 Å². The topological polar surface area (TPSA) is 121 Å². The number of hydrogen-bond acceptors (Lipinski definition) is 7. The van der Waals surface area contributed by atoms with Gasteiger partial charge in [0.25, 0.3) is 5.91 Å². The molecule has 0 saturated heterocycles. The summed E-state index contributed by atoms with van der Waals surface area (Å²) in [5, 5.41) is 6.07. The van der Waals surface area contributed by atoms with Crippen molar-refractivity contribution in [3.63, 3.8) is 0 Å². The number of nitrogen functional groups attached to an aromatic ring is 1. The Morgan fingerprint density at radius 3 is 2.55 bits per heavy atom. The Morgan fingerprint density at radius 1 is 1.24 bits per heavy atom. The SMILES string of the molecule is CNC(=O)c1cc(-c2cnc(N)nc2-n2nc(C(F)(F)F)cc2C)cnc1OC. The number of amides is 1. The van der Waals surface area contributed by atoms with E-state index in [1.165, 1.54) is 39.5 Å². The minimum atomic E-state index is -4.62. The molecule has 0 saturated carbocycles. The van der Waals surface area contributed by atoms with E-state index in [9.17, 15) is 18.0 Å². The maximum atomic E-state index is 13.1. The number of aryl methyl sites for hydroxylation is 1. The molecule has 3 heterocycles. The normalized spacial score (nSPS) is 11.4. The van der Waals surface area contributed by atoms with E-state index in [0.717, 1.165) is 10.7 Å². The van der Waals surface area contributed by atoms with Crippen LogP contribution in [0.15, 0.2) is 24.5 Å². The second-order valence-electron chi connectivity index (χ2n) is 5.91. The van der Waals surface area contributed by atoms with Crippen molar-refractivity contribution in [1.29, 1.82) is 0 Å². The van der Waals surface area contributed by atoms with Gasteiger partial charge in [0.15, 0.2) is 11.5 Å². The average molecular weight is 407 g/mol. The highest BCUT2D eigenvalue weighted by molar-refractivity contribution is 5.97. The van der Waals surface area contributed by atoms with Crippen molar-refractivity contribution in [3.8, 4) is 22.8 Å². The molecule has 3 aromatic rings. The summed E-state index contributed by atoms with van der Waals surface area (Å²) in [6.45, 7) is 1.45. The highest BCUT2D eigenvalue weighted by Crippen LogP contribution is 2.32. The first-order chi connectivity index (χ1) is 13.7. The zero-order valence-electron chi connectivity index (χ0n) is 15.6. The number of methoxy groups -OCH3 is 1. The molecule has 3 aromatic heterocycles. The van der Waals surface area contributed by atoms with Gasteiger partial charge in [0.05, 0.1) is 7.11 Å². The molecule has 152 valence electrons. The summed E-state index contributed by atoms with van der Waals surface area (Å²) in [6.07, 6.45) is -1.92. The van der Waals surface area contributed by atoms with Crippen LogP contribution in [0.4, 0.5) is 19.1 Å². The molecule has 3 N–H and O–H groups in total. The molecule has 3 rings (SSSR count). The zero-order chi connectivity index (χ0) is 21.3. The van der Waals surface area contributed by atoms with Gasteiger partial charge in [0, 0.05) is 36.3 Å². The Balaban J connectivity index is 2.22. The predicted molar refractivity (Wildman–Crippen MR) is 96.5 cm³/mol. The highest BCUT2D eigenvalue weighted by Gasteiger charge is 2.35. The summed E-state index contributed by atoms with van der Waals surface area (Å²) in [5.74, 6) is -0.509. The lowest BCUT2D eigenvalue weighted by atomic mass is 10.1. The van der Waals surface area contributed by atoms with Crippen LogP contribution in [0, 0.1) is 6.92 Å². The number of alkyl halides is 3. The van der Waals surface area contributed by atoms with Crippen LogP contribution in [0.2, 0.25) is 0 Å². The Bertz CT molecular complexity index is 1080. The molecule has 0 bridgehead atoms. The van der Waals surface area contributed by atoms with Crippen LogP contribution in [0.3, 0.4) is 0 Å². The molecule has 0 fully saturated rings. The second-order valence-corrected chi connectivity index (χ2v) is 5.91. The van der Waals surface area contributed by atoms with Gasteiger partial charge >= 0.3 is 6.18 Å². The minimum absolute atomic E-state index is 0.0142. The van der Waals surface area contributed by atoms with Crippen molar-refractivity contribution in [2.75, 3.05) is 19.9 Å². The lowest BCUT2D eigenvalue weighted by Crippen LogP contribution is -2.19. The van der Waals surface area contributed by atoms with Crippen molar-refractivity contribution < 1.29 is 22.7 Å². The fourth-order valence-electron chi connectivity index (χ4n) is 2.64. The lowest BCUT2D eigenvalue weighted by Gasteiger charge is -2.13. The molecule has 0 radical (unpaired) electrons. The Kier molecular flexibility index (Phi) is 5.10. The standard InChI is InChI=1S/C17H16F3N7O2/c1-8-4-12(17(18,19)20)26-27(8)13-11(7-24-16(21)25-13)9-5-10(14(28)22-2)15(29-3)23-6-9/h4-7H,1-3H3,(H,22,28)(H2,21,24,25). The molecule has 29 heavy (non-hydrogen) atoms. The quantitative estimate of drug-likeness (QED) is 0.679. The smallest absolute Gasteiger partial charge is 0.435 e. The van der Waals surface area contributed by atoms with Crippen LogP contribution < -0.4 is 15.8 Å². The van der Waals surface area contributed by atoms with E-state index < -0.39 is 17.8 Å². The predicted octanol–water partition coefficient (Wildman–Crippen LogP) is 2.00. The van der Waals surface area contributed by atoms with Crippen LogP contribution in [-0.4, -0.2) is 44.8 Å². The summed E-state index contributed by atoms with van der Waals surface area (Å²) >= 11 is 0. The number of carbonyl (C=O) groups is 1. The fraction of sp³-hybridized carbons (Fsp3) is 0.235. The number of nitrogens with zero attached hydrogens (tertiary/aromatic N) is 5. The molecule has 0 spiro atoms. The third-order valence-electron chi connectivity index (χ3n) is 3.99. The molecule has 0 aliphatic carbocycles. The summed E-state index contributed by atoms with van der Waals surface area (Å²) in [5.41, 5.74) is 5.53. The molecule has 0 atom stereocenters. The van der Waals surface area contributed by atoms with Crippen molar-refractivity contribution in [2.24, 2.45) is 0 Å². The number of anilines is 1. The molecule has 1 amide bonds. The Morgan fingerprint density at radius 2 is 1.97 bits per heavy atom. The van der Waals surface area contributed by atoms with Gasteiger partial charge in [-0.2, -0.15) is 23.3 Å². The van der Waals surface area contributed by atoms with Gasteiger partial charge in [-0.1, -0.05) is 0 Å². The third-order valence-corrected chi connectivity index (χ3v) is 3.99. The van der Waals surface area contributed by atoms with E-state index in [1.54, 1.807) is 0 Å². The second kappa shape index (κ2) is 7.37. The van der Waals surface area contributed by atoms with E-state index in [0.29, 0.717) is 5.56 Å². The first-order valence-electron chi connectivity index (χ1n) is 8.19. The average Bonchev–Trinajstić information content (AvgIpc) is 3.09. The first kappa shape index (κ1) is 20.0. The number of hydrogen-bond donors (Lipinski definition) is 2. The van der Waals surface area contributed by atoms with Gasteiger partial charge in [-0.25, -0.2) is 14.6 Å². The Labute approximate surface area is 162 Å². The zero-order valence-corrected chi connectivity index (χ0v) is 15.6. The van der Waals surface area contributed by atoms with E-state index in [-0.39, 0.29) is 34.5 Å². The van der Waals surface area contributed by atoms with Gasteiger partial charge < -0.3 is 15.8 Å². The number of rotatable bonds is 4. The van der Waals surface area contributed by atoms with Crippen LogP contribution >= 0.6 is 0 Å². The van der Waals surface area contributed by atoms with Gasteiger partial charge in [-0.3, -0.25) is 4.79 Å². The summed E-state index contributed by atoms with van der Waals surface area (Å²) in [7, 11) is 2.80. The van der Waals surface area contributed by atoms with Crippen LogP contribution in [-0.2, 0) is 6.18 Å². The lowest BCUT2D eigenvalue weighted by molar-refractivity contribution is -0.141. The number of nitrogens with two attached hydrogens (primary N) is 1. The van der Waals surface area contributed by atoms with Gasteiger partial charge in [-0.05, 0) is 19.1 Å². The van der Waals surface area contributed by atoms with Gasteiger partial charge in [0.2, 0.25) is 11.8 Å². The fourth-order valence-corrected chi connectivity index (χ4v) is 2.64. The van der Waals surface area contributed by atoms with E-state index >= 15 is 0 Å². The first-order valence-corrected chi connectivity index (χ1v) is 8.19. The molecule has 0 aromatic carbocycles. The molecule has 12 heteroatoms. The molecule has 0 unspecified atom stereocenters. The summed E-state index contributed by atoms with van der Waals surface area (Å²) in [6, 6.07) is 2.36. The monoisotopic (exact) mass is 407 g/mol. The van der Waals surface area contributed by atoms with E-state index in [2.05, 4.69) is 25.4 Å². The number of carbonyl (C=O) groups excluding carboxylic acids is 1. The van der Waals surface area contributed by atoms with Crippen molar-refractivity contribution in [3.05, 3.63) is 41.5 Å². The van der Waals surface area contributed by atoms with Crippen LogP contribution in [0.1, 0.15) is 21.7 Å². The third kappa shape index (κ3) is 3.81. The van der Waals surface area contributed by atoms with E-state index in [1.807, 2.05) is 0 Å². The highest BCUT2D eigenvalue weighted by atomic mass is 19.4. The van der Waals surface area contributed by atoms with Gasteiger partial charge in [-0.15, -0.1) is 0 Å². The molecule has 0 aliphatic rings. The van der Waals surface area contributed by atoms with Crippen molar-refractivity contribution >= 4 is 11.9 Å². The molecular formula is C17H16F3N7O2. The number of pyridine rings is 1. The molecule has 9 nitrogen and oxygen atoms in total. The number of ether oxygens (including phenoxy) is 1. The van der Waals surface area contributed by atoms with E-state index in [4.69, 9.17) is 10.5 Å². The van der Waals surface area contributed by atoms with Crippen LogP contribution in [0.25, 0.3) is 16.9 Å². The van der Waals surface area contributed by atoms with Crippen molar-refractivity contribution in [1.82, 2.24) is 30.0 Å². The number of aromatic nitrogens is 5. The maximum absolute atomic E-state index is 13.1. The van der Waals surface area contributed by atoms with Gasteiger partial charge in [0.1, 0.15) is 5.56 Å².